The summed E-state index contributed by atoms with van der Waals surface area (Å²) in [5, 5.41) is 14.2. The van der Waals surface area contributed by atoms with Gasteiger partial charge in [-0.15, -0.1) is 5.10 Å². The minimum Gasteiger partial charge on any atom is -0.321 e. The molecule has 0 spiro atoms. The Kier molecular flexibility index (Phi) is 6.41. The van der Waals surface area contributed by atoms with E-state index in [-0.39, 0.29) is 11.6 Å². The molecule has 186 valence electrons. The lowest BCUT2D eigenvalue weighted by Crippen LogP contribution is -2.52. The first-order valence-electron chi connectivity index (χ1n) is 13.6. The molecule has 6 rings (SSSR count). The number of aromatic amines is 1. The van der Waals surface area contributed by atoms with E-state index in [4.69, 9.17) is 0 Å². The summed E-state index contributed by atoms with van der Waals surface area (Å²) in [6.07, 6.45) is 11.4. The lowest BCUT2D eigenvalue weighted by atomic mass is 9.93. The summed E-state index contributed by atoms with van der Waals surface area (Å²) in [7, 11) is 0. The van der Waals surface area contributed by atoms with Crippen LogP contribution in [0, 0.1) is 6.92 Å². The molecule has 0 bridgehead atoms. The Morgan fingerprint density at radius 1 is 0.943 bits per heavy atom. The largest absolute Gasteiger partial charge is 0.321 e. The molecular weight excluding hydrogens is 438 g/mol. The molecule has 3 aromatic rings. The van der Waals surface area contributed by atoms with Gasteiger partial charge in [-0.2, -0.15) is 0 Å². The number of nitrogens with one attached hydrogen (secondary N) is 1. The number of hydrogen-bond donors (Lipinski definition) is 1. The molecule has 1 aliphatic heterocycles. The minimum atomic E-state index is -0.243. The zero-order valence-corrected chi connectivity index (χ0v) is 20.8. The summed E-state index contributed by atoms with van der Waals surface area (Å²) in [6.45, 7) is 5.96. The summed E-state index contributed by atoms with van der Waals surface area (Å²) < 4.78 is 2.03. The third-order valence-electron chi connectivity index (χ3n) is 8.65. The molecule has 1 unspecified atom stereocenters. The number of rotatable bonds is 5. The van der Waals surface area contributed by atoms with E-state index in [1.165, 1.54) is 44.9 Å². The highest BCUT2D eigenvalue weighted by molar-refractivity contribution is 5.82. The molecule has 2 aliphatic carbocycles. The molecule has 1 aromatic carbocycles. The average Bonchev–Trinajstić information content (AvgIpc) is 3.59. The van der Waals surface area contributed by atoms with Crippen molar-refractivity contribution in [1.82, 2.24) is 35.0 Å². The number of para-hydroxylation sites is 1. The number of nitrogens with zero attached hydrogens (tertiary/aromatic N) is 6. The number of tetrazole rings is 1. The van der Waals surface area contributed by atoms with Crippen LogP contribution in [0.4, 0.5) is 0 Å². The van der Waals surface area contributed by atoms with E-state index in [0.717, 1.165) is 72.9 Å². The quantitative estimate of drug-likeness (QED) is 0.601. The Morgan fingerprint density at radius 3 is 2.43 bits per heavy atom. The van der Waals surface area contributed by atoms with E-state index in [1.54, 1.807) is 0 Å². The average molecular weight is 476 g/mol. The molecule has 8 heteroatoms. The van der Waals surface area contributed by atoms with Crippen molar-refractivity contribution in [3.63, 3.8) is 0 Å². The van der Waals surface area contributed by atoms with Crippen LogP contribution in [-0.2, 0) is 0 Å². The minimum absolute atomic E-state index is 0.0347. The molecule has 3 fully saturated rings. The van der Waals surface area contributed by atoms with Gasteiger partial charge in [-0.05, 0) is 60.0 Å². The standard InChI is InChI=1S/C27H37N7O/c1-19-8-7-9-20-18-23(27(35)28-24(19)20)25(26-29-30-31-34(26)22-12-5-6-13-22)33-16-14-32(15-17-33)21-10-3-2-4-11-21/h7-9,18,21-22,25H,2-6,10-17H2,1H3,(H,28,35). The Morgan fingerprint density at radius 2 is 1.66 bits per heavy atom. The second-order valence-electron chi connectivity index (χ2n) is 10.8. The summed E-state index contributed by atoms with van der Waals surface area (Å²) in [5.74, 6) is 0.820. The van der Waals surface area contributed by atoms with Crippen molar-refractivity contribution in [1.29, 1.82) is 0 Å². The normalized spacial score (nSPS) is 22.2. The van der Waals surface area contributed by atoms with Gasteiger partial charge in [-0.3, -0.25) is 14.6 Å². The van der Waals surface area contributed by atoms with Crippen LogP contribution in [0.15, 0.2) is 29.1 Å². The van der Waals surface area contributed by atoms with Crippen molar-refractivity contribution in [2.75, 3.05) is 26.2 Å². The molecule has 1 saturated heterocycles. The van der Waals surface area contributed by atoms with E-state index in [0.29, 0.717) is 6.04 Å². The van der Waals surface area contributed by atoms with Crippen LogP contribution in [0.1, 0.15) is 86.8 Å². The van der Waals surface area contributed by atoms with Crippen LogP contribution >= 0.6 is 0 Å². The second kappa shape index (κ2) is 9.82. The Hall–Kier alpha value is -2.58. The number of pyridine rings is 1. The van der Waals surface area contributed by atoms with Crippen molar-refractivity contribution < 1.29 is 0 Å². The van der Waals surface area contributed by atoms with Crippen molar-refractivity contribution in [3.8, 4) is 0 Å². The zero-order chi connectivity index (χ0) is 23.8. The number of H-pyrrole nitrogens is 1. The fourth-order valence-electron chi connectivity index (χ4n) is 6.70. The third-order valence-corrected chi connectivity index (χ3v) is 8.65. The van der Waals surface area contributed by atoms with E-state index in [9.17, 15) is 4.79 Å². The first-order valence-corrected chi connectivity index (χ1v) is 13.6. The number of benzene rings is 1. The van der Waals surface area contributed by atoms with E-state index < -0.39 is 0 Å². The van der Waals surface area contributed by atoms with E-state index >= 15 is 0 Å². The second-order valence-corrected chi connectivity index (χ2v) is 10.8. The maximum absolute atomic E-state index is 13.5. The van der Waals surface area contributed by atoms with Gasteiger partial charge in [-0.25, -0.2) is 4.68 Å². The Labute approximate surface area is 206 Å². The maximum atomic E-state index is 13.5. The third kappa shape index (κ3) is 4.42. The van der Waals surface area contributed by atoms with Crippen molar-refractivity contribution in [3.05, 3.63) is 51.6 Å². The summed E-state index contributed by atoms with van der Waals surface area (Å²) in [4.78, 5) is 21.9. The molecular formula is C27H37N7O. The summed E-state index contributed by atoms with van der Waals surface area (Å²) in [5.41, 5.74) is 2.72. The van der Waals surface area contributed by atoms with Gasteiger partial charge in [0.1, 0.15) is 6.04 Å². The number of hydrogen-bond acceptors (Lipinski definition) is 6. The highest BCUT2D eigenvalue weighted by Gasteiger charge is 2.35. The Bertz CT molecular complexity index is 1210. The molecule has 0 radical (unpaired) electrons. The smallest absolute Gasteiger partial charge is 0.253 e. The van der Waals surface area contributed by atoms with E-state index in [2.05, 4.69) is 48.5 Å². The van der Waals surface area contributed by atoms with Gasteiger partial charge in [0.05, 0.1) is 11.6 Å². The van der Waals surface area contributed by atoms with Crippen molar-refractivity contribution in [2.24, 2.45) is 0 Å². The molecule has 1 atom stereocenters. The lowest BCUT2D eigenvalue weighted by molar-refractivity contribution is 0.0613. The first kappa shape index (κ1) is 22.9. The monoisotopic (exact) mass is 475 g/mol. The summed E-state index contributed by atoms with van der Waals surface area (Å²) >= 11 is 0. The van der Waals surface area contributed by atoms with Gasteiger partial charge in [0.25, 0.3) is 5.56 Å². The van der Waals surface area contributed by atoms with Crippen molar-refractivity contribution >= 4 is 10.9 Å². The number of aromatic nitrogens is 5. The molecule has 1 N–H and O–H groups in total. The van der Waals surface area contributed by atoms with Gasteiger partial charge in [-0.1, -0.05) is 50.3 Å². The SMILES string of the molecule is Cc1cccc2cc(C(c3nnnn3C3CCCC3)N3CCN(C4CCCCC4)CC3)c(=O)[nH]c12. The number of aryl methyl sites for hydroxylation is 1. The van der Waals surface area contributed by atoms with Crippen LogP contribution in [0.5, 0.6) is 0 Å². The van der Waals surface area contributed by atoms with Crippen LogP contribution in [0.3, 0.4) is 0 Å². The van der Waals surface area contributed by atoms with Crippen molar-refractivity contribution in [2.45, 2.75) is 82.8 Å². The van der Waals surface area contributed by atoms with Crippen LogP contribution in [0.2, 0.25) is 0 Å². The summed E-state index contributed by atoms with van der Waals surface area (Å²) in [6, 6.07) is 9.06. The number of piperazine rings is 1. The van der Waals surface area contributed by atoms with Crippen LogP contribution < -0.4 is 5.56 Å². The highest BCUT2D eigenvalue weighted by atomic mass is 16.1. The predicted octanol–water partition coefficient (Wildman–Crippen LogP) is 3.98. The Balaban J connectivity index is 1.37. The molecule has 3 aliphatic rings. The van der Waals surface area contributed by atoms with Gasteiger partial charge in [0.2, 0.25) is 0 Å². The predicted molar refractivity (Wildman–Crippen MR) is 136 cm³/mol. The van der Waals surface area contributed by atoms with Gasteiger partial charge in [0.15, 0.2) is 5.82 Å². The molecule has 8 nitrogen and oxygen atoms in total. The van der Waals surface area contributed by atoms with Gasteiger partial charge in [0, 0.05) is 37.8 Å². The van der Waals surface area contributed by atoms with Gasteiger partial charge >= 0.3 is 0 Å². The lowest BCUT2D eigenvalue weighted by Gasteiger charge is -2.43. The fraction of sp³-hybridized carbons (Fsp3) is 0.630. The van der Waals surface area contributed by atoms with E-state index in [1.807, 2.05) is 17.7 Å². The molecule has 0 amide bonds. The number of fused-ring (bicyclic) bond motifs is 1. The zero-order valence-electron chi connectivity index (χ0n) is 20.8. The fourth-order valence-corrected chi connectivity index (χ4v) is 6.70. The first-order chi connectivity index (χ1) is 17.2. The van der Waals surface area contributed by atoms with Crippen LogP contribution in [-0.4, -0.2) is 67.2 Å². The highest BCUT2D eigenvalue weighted by Crippen LogP contribution is 2.35. The molecule has 3 heterocycles. The molecule has 35 heavy (non-hydrogen) atoms. The molecule has 2 aromatic heterocycles. The van der Waals surface area contributed by atoms with Gasteiger partial charge < -0.3 is 4.98 Å². The maximum Gasteiger partial charge on any atom is 0.253 e. The topological polar surface area (TPSA) is 82.9 Å². The molecule has 2 saturated carbocycles. The van der Waals surface area contributed by atoms with Crippen LogP contribution in [0.25, 0.3) is 10.9 Å².